The third-order valence-electron chi connectivity index (χ3n) is 0.762. The van der Waals surface area contributed by atoms with Gasteiger partial charge >= 0.3 is 0 Å². The zero-order valence-electron chi connectivity index (χ0n) is 5.35. The molecule has 0 saturated carbocycles. The van der Waals surface area contributed by atoms with E-state index in [0.717, 1.165) is 6.42 Å². The lowest BCUT2D eigenvalue weighted by atomic mass is 10.5. The summed E-state index contributed by atoms with van der Waals surface area (Å²) in [5.41, 5.74) is 6.53. The lowest BCUT2D eigenvalue weighted by Crippen LogP contribution is -2.27. The predicted octanol–water partition coefficient (Wildman–Crippen LogP) is -0.444. The first-order valence-corrected chi connectivity index (χ1v) is 4.39. The maximum atomic E-state index is 10.5. The summed E-state index contributed by atoms with van der Waals surface area (Å²) < 4.78 is 23.2. The van der Waals surface area contributed by atoms with Gasteiger partial charge in [-0.25, -0.2) is 18.9 Å². The first kappa shape index (κ1) is 8.87. The summed E-state index contributed by atoms with van der Waals surface area (Å²) in [6.07, 6.45) is 0.763. The molecule has 0 aromatic heterocycles. The molecule has 0 unspecified atom stereocenters. The second kappa shape index (κ2) is 3.81. The molecule has 0 bridgehead atoms. The lowest BCUT2D eigenvalue weighted by molar-refractivity contribution is 0.580. The predicted molar refractivity (Wildman–Crippen MR) is 35.2 cm³/mol. The van der Waals surface area contributed by atoms with E-state index in [-0.39, 0.29) is 0 Å². The molecule has 0 atom stereocenters. The zero-order valence-corrected chi connectivity index (χ0v) is 6.16. The maximum Gasteiger partial charge on any atom is 0.225 e. The number of hydrogen-bond acceptors (Lipinski definition) is 2. The van der Waals surface area contributed by atoms with Crippen LogP contribution in [0.3, 0.4) is 0 Å². The van der Waals surface area contributed by atoms with E-state index in [1.165, 1.54) is 0 Å². The lowest BCUT2D eigenvalue weighted by Gasteiger charge is -1.99. The fourth-order valence-electron chi connectivity index (χ4n) is 0.309. The van der Waals surface area contributed by atoms with Crippen LogP contribution in [0.4, 0.5) is 0 Å². The number of rotatable bonds is 4. The molecule has 0 heterocycles. The van der Waals surface area contributed by atoms with E-state index in [1.807, 2.05) is 6.92 Å². The molecule has 0 aromatic carbocycles. The minimum atomic E-state index is -3.26. The molecule has 0 aromatic rings. The second-order valence-corrected chi connectivity index (χ2v) is 3.46. The van der Waals surface area contributed by atoms with E-state index in [4.69, 9.17) is 5.73 Å². The van der Waals surface area contributed by atoms with Gasteiger partial charge in [0.05, 0.1) is 0 Å². The Morgan fingerprint density at radius 3 is 2.44 bits per heavy atom. The Morgan fingerprint density at radius 1 is 1.56 bits per heavy atom. The highest BCUT2D eigenvalue weighted by Crippen LogP contribution is 1.79. The fraction of sp³-hybridized carbons (Fsp3) is 1.00. The average molecular weight is 151 g/mol. The second-order valence-electron chi connectivity index (χ2n) is 1.65. The van der Waals surface area contributed by atoms with Gasteiger partial charge in [-0.1, -0.05) is 6.92 Å². The van der Waals surface area contributed by atoms with Crippen LogP contribution >= 0.6 is 0 Å². The summed E-state index contributed by atoms with van der Waals surface area (Å²) in [6, 6.07) is 0. The summed E-state index contributed by atoms with van der Waals surface area (Å²) >= 11 is 0. The van der Waals surface area contributed by atoms with Crippen molar-refractivity contribution in [2.45, 2.75) is 13.3 Å². The fourth-order valence-corrected chi connectivity index (χ4v) is 0.926. The molecule has 0 aliphatic carbocycles. The highest BCUT2D eigenvalue weighted by Gasteiger charge is 2.03. The monoisotopic (exact) mass is 151 g/mol. The van der Waals surface area contributed by atoms with E-state index in [0.29, 0.717) is 6.54 Å². The Bertz CT molecular complexity index is 152. The molecule has 5 heteroatoms. The van der Waals surface area contributed by atoms with Crippen molar-refractivity contribution in [3.8, 4) is 0 Å². The van der Waals surface area contributed by atoms with Crippen LogP contribution in [0.1, 0.15) is 13.3 Å². The molecule has 2 N–H and O–H groups in total. The Balaban J connectivity index is 3.61. The van der Waals surface area contributed by atoms with Crippen LogP contribution in [-0.4, -0.2) is 20.8 Å². The average Bonchev–Trinajstić information content (AvgIpc) is 1.84. The summed E-state index contributed by atoms with van der Waals surface area (Å²) in [4.78, 5) is 0. The van der Waals surface area contributed by atoms with Gasteiger partial charge in [0.25, 0.3) is 0 Å². The van der Waals surface area contributed by atoms with Crippen molar-refractivity contribution in [3.05, 3.63) is 0 Å². The number of hydrogen-bond donors (Lipinski definition) is 1. The van der Waals surface area contributed by atoms with Crippen LogP contribution < -0.4 is 10.5 Å². The van der Waals surface area contributed by atoms with Crippen molar-refractivity contribution in [1.82, 2.24) is 10.5 Å². The van der Waals surface area contributed by atoms with E-state index in [1.54, 1.807) is 0 Å². The van der Waals surface area contributed by atoms with Gasteiger partial charge in [-0.2, -0.15) is 0 Å². The standard InChI is InChI=1S/C4H11N2O2S/c1-2-3-6-9(7,8)4-5/h5-6H,2-4H2,1H3. The molecule has 9 heavy (non-hydrogen) atoms. The Morgan fingerprint density at radius 2 is 2.11 bits per heavy atom. The summed E-state index contributed by atoms with van der Waals surface area (Å²) in [6.45, 7) is 2.30. The zero-order chi connectivity index (χ0) is 7.33. The molecule has 0 spiro atoms. The van der Waals surface area contributed by atoms with E-state index in [9.17, 15) is 8.42 Å². The van der Waals surface area contributed by atoms with Crippen molar-refractivity contribution in [3.63, 3.8) is 0 Å². The summed E-state index contributed by atoms with van der Waals surface area (Å²) in [5, 5.41) is 0. The topological polar surface area (TPSA) is 70.0 Å². The first-order valence-electron chi connectivity index (χ1n) is 2.74. The molecule has 55 valence electrons. The van der Waals surface area contributed by atoms with Gasteiger partial charge in [0.1, 0.15) is 5.88 Å². The van der Waals surface area contributed by atoms with Crippen LogP contribution in [0, 0.1) is 0 Å². The van der Waals surface area contributed by atoms with Crippen molar-refractivity contribution in [2.75, 3.05) is 12.4 Å². The molecule has 1 radical (unpaired) electrons. The van der Waals surface area contributed by atoms with Gasteiger partial charge in [-0.15, -0.1) is 0 Å². The highest BCUT2D eigenvalue weighted by molar-refractivity contribution is 7.89. The van der Waals surface area contributed by atoms with E-state index >= 15 is 0 Å². The van der Waals surface area contributed by atoms with Crippen molar-refractivity contribution in [1.29, 1.82) is 0 Å². The van der Waals surface area contributed by atoms with E-state index < -0.39 is 15.9 Å². The SMILES string of the molecule is CCCNS(=O)(=O)C[NH]. The normalized spacial score (nSPS) is 11.8. The van der Waals surface area contributed by atoms with Gasteiger partial charge in [-0.05, 0) is 6.42 Å². The minimum absolute atomic E-state index is 0.432. The van der Waals surface area contributed by atoms with Crippen LogP contribution in [0.2, 0.25) is 0 Å². The van der Waals surface area contributed by atoms with Crippen LogP contribution in [0.5, 0.6) is 0 Å². The molecule has 4 nitrogen and oxygen atoms in total. The number of nitrogens with one attached hydrogen (secondary N) is 2. The minimum Gasteiger partial charge on any atom is -0.240 e. The van der Waals surface area contributed by atoms with Crippen LogP contribution in [0.15, 0.2) is 0 Å². The molecule has 0 saturated heterocycles. The maximum absolute atomic E-state index is 10.5. The summed E-state index contributed by atoms with van der Waals surface area (Å²) in [7, 11) is -3.26. The van der Waals surface area contributed by atoms with Crippen LogP contribution in [0.25, 0.3) is 0 Å². The van der Waals surface area contributed by atoms with Gasteiger partial charge in [-0.3, -0.25) is 0 Å². The van der Waals surface area contributed by atoms with Gasteiger partial charge < -0.3 is 0 Å². The van der Waals surface area contributed by atoms with Crippen molar-refractivity contribution < 1.29 is 8.42 Å². The first-order chi connectivity index (χ1) is 4.12. The van der Waals surface area contributed by atoms with Gasteiger partial charge in [0.15, 0.2) is 0 Å². The highest BCUT2D eigenvalue weighted by atomic mass is 32.2. The summed E-state index contributed by atoms with van der Waals surface area (Å²) in [5.74, 6) is -0.576. The van der Waals surface area contributed by atoms with Gasteiger partial charge in [0, 0.05) is 6.54 Å². The Labute approximate surface area is 55.5 Å². The van der Waals surface area contributed by atoms with Crippen LogP contribution in [-0.2, 0) is 10.0 Å². The molecule has 0 rings (SSSR count). The Kier molecular flexibility index (Phi) is 3.76. The largest absolute Gasteiger partial charge is 0.240 e. The molecular formula is C4H11N2O2S. The third-order valence-corrected chi connectivity index (χ3v) is 1.79. The van der Waals surface area contributed by atoms with Crippen molar-refractivity contribution >= 4 is 10.0 Å². The van der Waals surface area contributed by atoms with E-state index in [2.05, 4.69) is 4.72 Å². The van der Waals surface area contributed by atoms with Gasteiger partial charge in [0.2, 0.25) is 10.0 Å². The molecular weight excluding hydrogens is 140 g/mol. The number of sulfonamides is 1. The third kappa shape index (κ3) is 4.38. The quantitative estimate of drug-likeness (QED) is 0.591. The smallest absolute Gasteiger partial charge is 0.225 e. The molecule has 0 amide bonds. The Hall–Kier alpha value is -0.130. The molecule has 0 aliphatic heterocycles. The molecule has 0 aliphatic rings. The van der Waals surface area contributed by atoms with Crippen molar-refractivity contribution in [2.24, 2.45) is 0 Å². The molecule has 0 fully saturated rings.